The Kier molecular flexibility index (Phi) is 3.94. The quantitative estimate of drug-likeness (QED) is 0.882. The molecule has 1 aliphatic rings. The summed E-state index contributed by atoms with van der Waals surface area (Å²) in [6, 6.07) is 6.31. The molecule has 0 saturated carbocycles. The zero-order chi connectivity index (χ0) is 13.8. The molecule has 0 bridgehead atoms. The van der Waals surface area contributed by atoms with Gasteiger partial charge in [-0.1, -0.05) is 6.07 Å². The lowest BCUT2D eigenvalue weighted by atomic mass is 10.1. The van der Waals surface area contributed by atoms with Crippen molar-refractivity contribution in [2.24, 2.45) is 0 Å². The molecule has 2 N–H and O–H groups in total. The van der Waals surface area contributed by atoms with Gasteiger partial charge in [-0.2, -0.15) is 5.10 Å². The molecule has 0 unspecified atom stereocenters. The van der Waals surface area contributed by atoms with Gasteiger partial charge in [0.1, 0.15) is 5.82 Å². The smallest absolute Gasteiger partial charge is 0.130 e. The van der Waals surface area contributed by atoms with Crippen LogP contribution in [0.5, 0.6) is 0 Å². The van der Waals surface area contributed by atoms with Crippen LogP contribution in [0.4, 0.5) is 5.82 Å². The molecule has 6 nitrogen and oxygen atoms in total. The molecular formula is C14H19N5O. The molecule has 1 saturated heterocycles. The predicted molar refractivity (Wildman–Crippen MR) is 76.3 cm³/mol. The van der Waals surface area contributed by atoms with E-state index >= 15 is 0 Å². The number of morpholine rings is 1. The van der Waals surface area contributed by atoms with Crippen molar-refractivity contribution in [3.63, 3.8) is 0 Å². The van der Waals surface area contributed by atoms with Gasteiger partial charge in [0.2, 0.25) is 0 Å². The van der Waals surface area contributed by atoms with Crippen molar-refractivity contribution in [2.75, 3.05) is 32.1 Å². The minimum absolute atomic E-state index is 0.219. The monoisotopic (exact) mass is 273 g/mol. The summed E-state index contributed by atoms with van der Waals surface area (Å²) in [6.07, 6.45) is 3.59. The van der Waals surface area contributed by atoms with Crippen molar-refractivity contribution >= 4 is 5.82 Å². The van der Waals surface area contributed by atoms with Crippen LogP contribution in [0, 0.1) is 0 Å². The van der Waals surface area contributed by atoms with Crippen LogP contribution in [-0.2, 0) is 11.3 Å². The van der Waals surface area contributed by atoms with E-state index in [9.17, 15) is 0 Å². The van der Waals surface area contributed by atoms with Crippen LogP contribution in [0.2, 0.25) is 0 Å². The Morgan fingerprint density at radius 2 is 2.40 bits per heavy atom. The third-order valence-electron chi connectivity index (χ3n) is 3.62. The molecule has 1 atom stereocenters. The molecule has 20 heavy (non-hydrogen) atoms. The Hall–Kier alpha value is -1.92. The molecule has 0 aromatic carbocycles. The second kappa shape index (κ2) is 6.02. The summed E-state index contributed by atoms with van der Waals surface area (Å²) in [4.78, 5) is 6.76. The van der Waals surface area contributed by atoms with Gasteiger partial charge in [-0.25, -0.2) is 4.98 Å². The number of pyridine rings is 1. The van der Waals surface area contributed by atoms with Crippen molar-refractivity contribution in [2.45, 2.75) is 12.6 Å². The SMILES string of the molecule is CNc1ncccc1CN1CCOC[C@H]1c1ccn[nH]1. The molecule has 6 heteroatoms. The van der Waals surface area contributed by atoms with E-state index in [2.05, 4.69) is 31.5 Å². The van der Waals surface area contributed by atoms with E-state index < -0.39 is 0 Å². The molecule has 0 aliphatic carbocycles. The van der Waals surface area contributed by atoms with Crippen molar-refractivity contribution < 1.29 is 4.74 Å². The molecule has 1 fully saturated rings. The van der Waals surface area contributed by atoms with Crippen LogP contribution in [0.15, 0.2) is 30.6 Å². The third kappa shape index (κ3) is 2.66. The van der Waals surface area contributed by atoms with Crippen LogP contribution >= 0.6 is 0 Å². The summed E-state index contributed by atoms with van der Waals surface area (Å²) < 4.78 is 5.61. The highest BCUT2D eigenvalue weighted by atomic mass is 16.5. The lowest BCUT2D eigenvalue weighted by molar-refractivity contribution is -0.0142. The zero-order valence-corrected chi connectivity index (χ0v) is 11.5. The molecule has 106 valence electrons. The second-order valence-corrected chi connectivity index (χ2v) is 4.83. The summed E-state index contributed by atoms with van der Waals surface area (Å²) in [5.74, 6) is 0.933. The molecule has 2 aromatic heterocycles. The summed E-state index contributed by atoms with van der Waals surface area (Å²) in [5.41, 5.74) is 2.29. The lowest BCUT2D eigenvalue weighted by Gasteiger charge is -2.35. The molecule has 0 amide bonds. The minimum Gasteiger partial charge on any atom is -0.378 e. The third-order valence-corrected chi connectivity index (χ3v) is 3.62. The first-order valence-corrected chi connectivity index (χ1v) is 6.81. The maximum absolute atomic E-state index is 5.61. The molecule has 0 radical (unpaired) electrons. The normalized spacial score (nSPS) is 19.9. The van der Waals surface area contributed by atoms with E-state index in [0.29, 0.717) is 6.61 Å². The summed E-state index contributed by atoms with van der Waals surface area (Å²) in [7, 11) is 1.90. The molecule has 1 aliphatic heterocycles. The minimum atomic E-state index is 0.219. The molecule has 0 spiro atoms. The first-order valence-electron chi connectivity index (χ1n) is 6.81. The number of H-pyrrole nitrogens is 1. The number of hydrogen-bond acceptors (Lipinski definition) is 5. The van der Waals surface area contributed by atoms with Crippen LogP contribution in [0.1, 0.15) is 17.3 Å². The van der Waals surface area contributed by atoms with E-state index in [1.807, 2.05) is 19.2 Å². The number of ether oxygens (including phenoxy) is 1. The highest BCUT2D eigenvalue weighted by molar-refractivity contribution is 5.42. The Morgan fingerprint density at radius 1 is 1.45 bits per heavy atom. The first kappa shape index (κ1) is 13.1. The number of aromatic nitrogens is 3. The largest absolute Gasteiger partial charge is 0.378 e. The first-order chi connectivity index (χ1) is 9.88. The fourth-order valence-corrected chi connectivity index (χ4v) is 2.58. The zero-order valence-electron chi connectivity index (χ0n) is 11.5. The standard InChI is InChI=1S/C14H19N5O/c1-15-14-11(3-2-5-16-14)9-19-7-8-20-10-13(19)12-4-6-17-18-12/h2-6,13H,7-10H2,1H3,(H,15,16)(H,17,18)/t13-/m0/s1. The average Bonchev–Trinajstić information content (AvgIpc) is 3.02. The second-order valence-electron chi connectivity index (χ2n) is 4.83. The summed E-state index contributed by atoms with van der Waals surface area (Å²) in [5, 5.41) is 10.2. The van der Waals surface area contributed by atoms with Crippen LogP contribution in [0.3, 0.4) is 0 Å². The fraction of sp³-hybridized carbons (Fsp3) is 0.429. The van der Waals surface area contributed by atoms with Crippen LogP contribution in [0.25, 0.3) is 0 Å². The van der Waals surface area contributed by atoms with Gasteiger partial charge in [0, 0.05) is 38.1 Å². The van der Waals surface area contributed by atoms with Crippen LogP contribution in [-0.4, -0.2) is 46.9 Å². The van der Waals surface area contributed by atoms with Crippen molar-refractivity contribution in [1.29, 1.82) is 0 Å². The number of nitrogens with one attached hydrogen (secondary N) is 2. The highest BCUT2D eigenvalue weighted by Crippen LogP contribution is 2.25. The van der Waals surface area contributed by atoms with Gasteiger partial charge in [0.15, 0.2) is 0 Å². The summed E-state index contributed by atoms with van der Waals surface area (Å²) >= 11 is 0. The van der Waals surface area contributed by atoms with Gasteiger partial charge in [-0.15, -0.1) is 0 Å². The van der Waals surface area contributed by atoms with Crippen molar-refractivity contribution in [3.8, 4) is 0 Å². The molecule has 3 rings (SSSR count). The number of anilines is 1. The Balaban J connectivity index is 1.80. The van der Waals surface area contributed by atoms with Gasteiger partial charge < -0.3 is 10.1 Å². The summed E-state index contributed by atoms with van der Waals surface area (Å²) in [6.45, 7) is 3.20. The van der Waals surface area contributed by atoms with Gasteiger partial charge in [0.25, 0.3) is 0 Å². The van der Waals surface area contributed by atoms with E-state index in [0.717, 1.165) is 31.2 Å². The topological polar surface area (TPSA) is 66.1 Å². The van der Waals surface area contributed by atoms with Crippen molar-refractivity contribution in [1.82, 2.24) is 20.1 Å². The number of nitrogens with zero attached hydrogens (tertiary/aromatic N) is 3. The number of aromatic amines is 1. The highest BCUT2D eigenvalue weighted by Gasteiger charge is 2.26. The van der Waals surface area contributed by atoms with E-state index in [4.69, 9.17) is 4.74 Å². The average molecular weight is 273 g/mol. The van der Waals surface area contributed by atoms with E-state index in [1.54, 1.807) is 12.4 Å². The Morgan fingerprint density at radius 3 is 3.20 bits per heavy atom. The Bertz CT molecular complexity index is 542. The maximum atomic E-state index is 5.61. The molecular weight excluding hydrogens is 254 g/mol. The van der Waals surface area contributed by atoms with Gasteiger partial charge in [0.05, 0.1) is 24.9 Å². The van der Waals surface area contributed by atoms with Gasteiger partial charge in [-0.05, 0) is 12.1 Å². The Labute approximate surface area is 118 Å². The molecule has 2 aromatic rings. The van der Waals surface area contributed by atoms with Gasteiger partial charge in [-0.3, -0.25) is 10.00 Å². The number of rotatable bonds is 4. The predicted octanol–water partition coefficient (Wildman–Crippen LogP) is 1.42. The van der Waals surface area contributed by atoms with Gasteiger partial charge >= 0.3 is 0 Å². The lowest BCUT2D eigenvalue weighted by Crippen LogP contribution is -2.39. The van der Waals surface area contributed by atoms with E-state index in [-0.39, 0.29) is 6.04 Å². The molecule has 3 heterocycles. The van der Waals surface area contributed by atoms with E-state index in [1.165, 1.54) is 5.56 Å². The van der Waals surface area contributed by atoms with Crippen molar-refractivity contribution in [3.05, 3.63) is 41.9 Å². The number of hydrogen-bond donors (Lipinski definition) is 2. The van der Waals surface area contributed by atoms with Crippen LogP contribution < -0.4 is 5.32 Å². The fourth-order valence-electron chi connectivity index (χ4n) is 2.58. The maximum Gasteiger partial charge on any atom is 0.130 e.